The van der Waals surface area contributed by atoms with Crippen molar-refractivity contribution in [2.45, 2.75) is 52.0 Å². The summed E-state index contributed by atoms with van der Waals surface area (Å²) in [5.41, 5.74) is 3.35. The first-order valence-corrected chi connectivity index (χ1v) is 9.00. The molecule has 138 valence electrons. The fourth-order valence-electron chi connectivity index (χ4n) is 3.07. The highest BCUT2D eigenvalue weighted by Gasteiger charge is 2.15. The number of allylic oxidation sites excluding steroid dienone is 1. The molecule has 1 atom stereocenters. The van der Waals surface area contributed by atoms with Crippen molar-refractivity contribution in [3.05, 3.63) is 29.3 Å². The van der Waals surface area contributed by atoms with Crippen LogP contribution >= 0.6 is 0 Å². The third-order valence-electron chi connectivity index (χ3n) is 4.63. The Labute approximate surface area is 150 Å². The lowest BCUT2D eigenvalue weighted by molar-refractivity contribution is -0.121. The zero-order chi connectivity index (χ0) is 18.2. The fraction of sp³-hybridized carbons (Fsp3) is 0.550. The summed E-state index contributed by atoms with van der Waals surface area (Å²) in [4.78, 5) is 12.3. The topological polar surface area (TPSA) is 59.6 Å². The highest BCUT2D eigenvalue weighted by molar-refractivity contribution is 5.84. The van der Waals surface area contributed by atoms with Gasteiger partial charge < -0.3 is 20.1 Å². The van der Waals surface area contributed by atoms with Crippen molar-refractivity contribution < 1.29 is 14.3 Å². The van der Waals surface area contributed by atoms with Gasteiger partial charge in [-0.3, -0.25) is 4.79 Å². The molecule has 0 saturated carbocycles. The van der Waals surface area contributed by atoms with Gasteiger partial charge in [-0.1, -0.05) is 11.6 Å². The van der Waals surface area contributed by atoms with E-state index in [0.717, 1.165) is 17.7 Å². The van der Waals surface area contributed by atoms with Crippen molar-refractivity contribution in [1.29, 1.82) is 0 Å². The quantitative estimate of drug-likeness (QED) is 0.703. The predicted octanol–water partition coefficient (Wildman–Crippen LogP) is 3.82. The summed E-state index contributed by atoms with van der Waals surface area (Å²) in [6.07, 6.45) is 8.20. The Morgan fingerprint density at radius 1 is 1.20 bits per heavy atom. The molecule has 1 aromatic carbocycles. The maximum Gasteiger partial charge on any atom is 0.242 e. The summed E-state index contributed by atoms with van der Waals surface area (Å²) in [7, 11) is 3.22. The van der Waals surface area contributed by atoms with E-state index in [-0.39, 0.29) is 11.9 Å². The van der Waals surface area contributed by atoms with Crippen LogP contribution in [-0.2, 0) is 4.79 Å². The summed E-state index contributed by atoms with van der Waals surface area (Å²) in [5.74, 6) is 1.33. The lowest BCUT2D eigenvalue weighted by Gasteiger charge is -2.19. The van der Waals surface area contributed by atoms with Crippen molar-refractivity contribution in [2.75, 3.05) is 26.1 Å². The summed E-state index contributed by atoms with van der Waals surface area (Å²) >= 11 is 0. The highest BCUT2D eigenvalue weighted by Crippen LogP contribution is 2.33. The average molecular weight is 346 g/mol. The number of carbonyl (C=O) groups excluding carboxylic acids is 1. The Kier molecular flexibility index (Phi) is 7.16. The van der Waals surface area contributed by atoms with Gasteiger partial charge in [0.15, 0.2) is 11.5 Å². The number of anilines is 1. The van der Waals surface area contributed by atoms with Gasteiger partial charge in [0.05, 0.1) is 14.2 Å². The van der Waals surface area contributed by atoms with Crippen molar-refractivity contribution in [3.63, 3.8) is 0 Å². The molecule has 1 aromatic rings. The number of hydrogen-bond donors (Lipinski definition) is 2. The van der Waals surface area contributed by atoms with Crippen LogP contribution in [0.3, 0.4) is 0 Å². The Balaban J connectivity index is 1.88. The van der Waals surface area contributed by atoms with E-state index in [1.165, 1.54) is 31.3 Å². The normalized spacial score (nSPS) is 15.1. The predicted molar refractivity (Wildman–Crippen MR) is 102 cm³/mol. The highest BCUT2D eigenvalue weighted by atomic mass is 16.5. The molecule has 0 heterocycles. The third kappa shape index (κ3) is 5.41. The number of nitrogens with one attached hydrogen (secondary N) is 2. The molecule has 2 rings (SSSR count). The molecule has 0 bridgehead atoms. The lowest BCUT2D eigenvalue weighted by Crippen LogP contribution is -2.38. The molecular weight excluding hydrogens is 316 g/mol. The number of ether oxygens (including phenoxy) is 2. The monoisotopic (exact) mass is 346 g/mol. The van der Waals surface area contributed by atoms with Gasteiger partial charge in [-0.05, 0) is 57.6 Å². The van der Waals surface area contributed by atoms with E-state index in [1.807, 2.05) is 26.0 Å². The fourth-order valence-corrected chi connectivity index (χ4v) is 3.07. The maximum absolute atomic E-state index is 12.3. The van der Waals surface area contributed by atoms with E-state index >= 15 is 0 Å². The minimum atomic E-state index is -0.322. The van der Waals surface area contributed by atoms with Crippen LogP contribution in [0.1, 0.15) is 44.6 Å². The zero-order valence-electron chi connectivity index (χ0n) is 15.8. The largest absolute Gasteiger partial charge is 0.493 e. The SMILES string of the molecule is COc1cc(C)c(NC(C)C(=O)NCCC2=CCCCC2)cc1OC. The number of methoxy groups -OCH3 is 2. The second-order valence-corrected chi connectivity index (χ2v) is 6.54. The Morgan fingerprint density at radius 3 is 2.56 bits per heavy atom. The Bertz CT molecular complexity index is 626. The summed E-state index contributed by atoms with van der Waals surface area (Å²) in [5, 5.41) is 6.28. The van der Waals surface area contributed by atoms with Gasteiger partial charge in [0.25, 0.3) is 0 Å². The van der Waals surface area contributed by atoms with Gasteiger partial charge in [0.2, 0.25) is 5.91 Å². The van der Waals surface area contributed by atoms with Crippen LogP contribution < -0.4 is 20.1 Å². The first-order valence-electron chi connectivity index (χ1n) is 9.00. The zero-order valence-corrected chi connectivity index (χ0v) is 15.8. The molecule has 0 fully saturated rings. The summed E-state index contributed by atoms with van der Waals surface area (Å²) < 4.78 is 10.6. The van der Waals surface area contributed by atoms with Crippen molar-refractivity contribution >= 4 is 11.6 Å². The first kappa shape index (κ1) is 19.2. The van der Waals surface area contributed by atoms with Gasteiger partial charge in [-0.2, -0.15) is 0 Å². The second-order valence-electron chi connectivity index (χ2n) is 6.54. The van der Waals surface area contributed by atoms with E-state index in [2.05, 4.69) is 16.7 Å². The number of amides is 1. The number of benzene rings is 1. The molecule has 0 aliphatic heterocycles. The molecule has 1 aliphatic rings. The molecule has 0 radical (unpaired) electrons. The van der Waals surface area contributed by atoms with E-state index in [4.69, 9.17) is 9.47 Å². The molecular formula is C20H30N2O3. The minimum Gasteiger partial charge on any atom is -0.493 e. The van der Waals surface area contributed by atoms with Crippen LogP contribution in [0, 0.1) is 6.92 Å². The number of carbonyl (C=O) groups is 1. The molecule has 5 heteroatoms. The summed E-state index contributed by atoms with van der Waals surface area (Å²) in [6, 6.07) is 3.45. The van der Waals surface area contributed by atoms with Gasteiger partial charge in [0.1, 0.15) is 6.04 Å². The van der Waals surface area contributed by atoms with Gasteiger partial charge in [-0.15, -0.1) is 0 Å². The van der Waals surface area contributed by atoms with Crippen LogP contribution in [0.2, 0.25) is 0 Å². The van der Waals surface area contributed by atoms with Gasteiger partial charge in [0, 0.05) is 18.3 Å². The van der Waals surface area contributed by atoms with Crippen LogP contribution in [0.15, 0.2) is 23.8 Å². The standard InChI is InChI=1S/C20H30N2O3/c1-14-12-18(24-3)19(25-4)13-17(14)22-15(2)20(23)21-11-10-16-8-6-5-7-9-16/h8,12-13,15,22H,5-7,9-11H2,1-4H3,(H,21,23). The molecule has 0 aromatic heterocycles. The molecule has 0 saturated heterocycles. The molecule has 2 N–H and O–H groups in total. The molecule has 1 aliphatic carbocycles. The Morgan fingerprint density at radius 2 is 1.92 bits per heavy atom. The number of rotatable bonds is 8. The van der Waals surface area contributed by atoms with Gasteiger partial charge >= 0.3 is 0 Å². The average Bonchev–Trinajstić information content (AvgIpc) is 2.63. The van der Waals surface area contributed by atoms with Crippen molar-refractivity contribution in [1.82, 2.24) is 5.32 Å². The van der Waals surface area contributed by atoms with Crippen molar-refractivity contribution in [2.24, 2.45) is 0 Å². The summed E-state index contributed by atoms with van der Waals surface area (Å²) in [6.45, 7) is 4.54. The van der Waals surface area contributed by atoms with E-state index in [9.17, 15) is 4.79 Å². The maximum atomic E-state index is 12.3. The molecule has 1 unspecified atom stereocenters. The smallest absolute Gasteiger partial charge is 0.242 e. The molecule has 25 heavy (non-hydrogen) atoms. The van der Waals surface area contributed by atoms with Crippen molar-refractivity contribution in [3.8, 4) is 11.5 Å². The van der Waals surface area contributed by atoms with Crippen LogP contribution in [-0.4, -0.2) is 32.7 Å². The van der Waals surface area contributed by atoms with Crippen LogP contribution in [0.5, 0.6) is 11.5 Å². The Hall–Kier alpha value is -2.17. The molecule has 1 amide bonds. The van der Waals surface area contributed by atoms with Gasteiger partial charge in [-0.25, -0.2) is 0 Å². The lowest BCUT2D eigenvalue weighted by atomic mass is 9.97. The van der Waals surface area contributed by atoms with E-state index in [1.54, 1.807) is 14.2 Å². The number of aryl methyl sites for hydroxylation is 1. The molecule has 5 nitrogen and oxygen atoms in total. The van der Waals surface area contributed by atoms with E-state index < -0.39 is 0 Å². The molecule has 0 spiro atoms. The second kappa shape index (κ2) is 9.35. The first-order chi connectivity index (χ1) is 12.0. The van der Waals surface area contributed by atoms with E-state index in [0.29, 0.717) is 18.0 Å². The number of hydrogen-bond acceptors (Lipinski definition) is 4. The van der Waals surface area contributed by atoms with Crippen LogP contribution in [0.25, 0.3) is 0 Å². The minimum absolute atomic E-state index is 0.00518. The third-order valence-corrected chi connectivity index (χ3v) is 4.63. The van der Waals surface area contributed by atoms with Crippen LogP contribution in [0.4, 0.5) is 5.69 Å².